The molecule has 5 rings (SSSR count). The van der Waals surface area contributed by atoms with Gasteiger partial charge in [0.25, 0.3) is 0 Å². The van der Waals surface area contributed by atoms with E-state index in [0.717, 1.165) is 31.6 Å². The van der Waals surface area contributed by atoms with E-state index >= 15 is 0 Å². The standard InChI is InChI=1S/C23H25FN4O2/c24-20-7-5-18(6-8-20)22-25-23(30-26-22)10-13-27(14-11-23)16-21(29)28-12-9-17-3-1-2-4-19(17)15-28/h1-8H,9-16H2,(H,25,26). The highest BCUT2D eigenvalue weighted by molar-refractivity contribution is 5.99. The maximum Gasteiger partial charge on any atom is 0.237 e. The SMILES string of the molecule is O=C(CN1CCC2(CC1)N=C(c1ccc(F)cc1)NO2)N1CCc2ccccc2C1. The Morgan fingerprint density at radius 2 is 1.80 bits per heavy atom. The lowest BCUT2D eigenvalue weighted by Crippen LogP contribution is -2.49. The largest absolute Gasteiger partial charge is 0.337 e. The number of hydroxylamine groups is 1. The number of aliphatic imine (C=N–C) groups is 1. The molecule has 3 aliphatic rings. The Kier molecular flexibility index (Phi) is 5.00. The van der Waals surface area contributed by atoms with Crippen LogP contribution >= 0.6 is 0 Å². The van der Waals surface area contributed by atoms with Gasteiger partial charge >= 0.3 is 0 Å². The minimum absolute atomic E-state index is 0.182. The number of carbonyl (C=O) groups is 1. The summed E-state index contributed by atoms with van der Waals surface area (Å²) in [4.78, 5) is 27.5. The molecule has 0 radical (unpaired) electrons. The van der Waals surface area contributed by atoms with E-state index in [0.29, 0.717) is 31.8 Å². The molecule has 0 aromatic heterocycles. The van der Waals surface area contributed by atoms with Crippen molar-refractivity contribution in [2.75, 3.05) is 26.2 Å². The van der Waals surface area contributed by atoms with Crippen LogP contribution in [0.2, 0.25) is 0 Å². The molecule has 1 spiro atoms. The Morgan fingerprint density at radius 3 is 2.57 bits per heavy atom. The van der Waals surface area contributed by atoms with Crippen molar-refractivity contribution in [2.45, 2.75) is 31.5 Å². The molecule has 0 aliphatic carbocycles. The summed E-state index contributed by atoms with van der Waals surface area (Å²) in [5, 5.41) is 0. The lowest BCUT2D eigenvalue weighted by atomic mass is 9.99. The molecule has 2 aromatic rings. The smallest absolute Gasteiger partial charge is 0.237 e. The first kappa shape index (κ1) is 19.2. The fourth-order valence-corrected chi connectivity index (χ4v) is 4.40. The van der Waals surface area contributed by atoms with Crippen LogP contribution in [0.15, 0.2) is 53.5 Å². The number of nitrogens with one attached hydrogen (secondary N) is 1. The molecule has 0 unspecified atom stereocenters. The van der Waals surface area contributed by atoms with Crippen molar-refractivity contribution in [1.82, 2.24) is 15.3 Å². The zero-order chi connectivity index (χ0) is 20.6. The van der Waals surface area contributed by atoms with Crippen LogP contribution < -0.4 is 5.48 Å². The highest BCUT2D eigenvalue weighted by Crippen LogP contribution is 2.31. The summed E-state index contributed by atoms with van der Waals surface area (Å²) in [7, 11) is 0. The number of benzene rings is 2. The van der Waals surface area contributed by atoms with E-state index in [9.17, 15) is 9.18 Å². The zero-order valence-electron chi connectivity index (χ0n) is 16.8. The molecule has 1 fully saturated rings. The number of nitrogens with zero attached hydrogens (tertiary/aromatic N) is 3. The number of halogens is 1. The van der Waals surface area contributed by atoms with Gasteiger partial charge in [-0.05, 0) is 41.8 Å². The number of amidine groups is 1. The maximum atomic E-state index is 13.1. The molecule has 0 saturated carbocycles. The number of hydrogen-bond acceptors (Lipinski definition) is 5. The number of piperidine rings is 1. The summed E-state index contributed by atoms with van der Waals surface area (Å²) in [5.41, 5.74) is 5.70. The molecule has 30 heavy (non-hydrogen) atoms. The van der Waals surface area contributed by atoms with Crippen molar-refractivity contribution in [3.8, 4) is 0 Å². The molecule has 0 atom stereocenters. The molecular formula is C23H25FN4O2. The minimum atomic E-state index is -0.604. The first-order chi connectivity index (χ1) is 14.6. The van der Waals surface area contributed by atoms with E-state index in [1.807, 2.05) is 11.0 Å². The van der Waals surface area contributed by atoms with Crippen LogP contribution in [0, 0.1) is 5.82 Å². The summed E-state index contributed by atoms with van der Waals surface area (Å²) >= 11 is 0. The molecule has 3 aliphatic heterocycles. The Morgan fingerprint density at radius 1 is 1.07 bits per heavy atom. The Balaban J connectivity index is 1.17. The highest BCUT2D eigenvalue weighted by atomic mass is 19.1. The third-order valence-corrected chi connectivity index (χ3v) is 6.25. The molecule has 1 N–H and O–H groups in total. The Hall–Kier alpha value is -2.77. The molecule has 3 heterocycles. The summed E-state index contributed by atoms with van der Waals surface area (Å²) in [6.07, 6.45) is 2.34. The second-order valence-electron chi connectivity index (χ2n) is 8.23. The van der Waals surface area contributed by atoms with Gasteiger partial charge in [0.1, 0.15) is 5.82 Å². The number of fused-ring (bicyclic) bond motifs is 1. The fraction of sp³-hybridized carbons (Fsp3) is 0.391. The van der Waals surface area contributed by atoms with Crippen molar-refractivity contribution in [3.63, 3.8) is 0 Å². The summed E-state index contributed by atoms with van der Waals surface area (Å²) < 4.78 is 13.1. The van der Waals surface area contributed by atoms with Crippen LogP contribution in [0.1, 0.15) is 29.5 Å². The van der Waals surface area contributed by atoms with E-state index in [1.54, 1.807) is 12.1 Å². The maximum absolute atomic E-state index is 13.1. The summed E-state index contributed by atoms with van der Waals surface area (Å²) in [6, 6.07) is 14.6. The van der Waals surface area contributed by atoms with E-state index in [4.69, 9.17) is 9.83 Å². The number of likely N-dealkylation sites (tertiary alicyclic amines) is 1. The second-order valence-corrected chi connectivity index (χ2v) is 8.23. The normalized spacial score (nSPS) is 20.6. The number of amides is 1. The van der Waals surface area contributed by atoms with Crippen LogP contribution in [0.4, 0.5) is 4.39 Å². The lowest BCUT2D eigenvalue weighted by molar-refractivity contribution is -0.135. The van der Waals surface area contributed by atoms with Gasteiger partial charge < -0.3 is 4.90 Å². The van der Waals surface area contributed by atoms with Crippen LogP contribution in [-0.2, 0) is 22.6 Å². The molecule has 7 heteroatoms. The minimum Gasteiger partial charge on any atom is -0.337 e. The van der Waals surface area contributed by atoms with Gasteiger partial charge in [-0.3, -0.25) is 9.69 Å². The van der Waals surface area contributed by atoms with E-state index in [1.165, 1.54) is 23.3 Å². The van der Waals surface area contributed by atoms with Gasteiger partial charge in [0.15, 0.2) is 11.6 Å². The Bertz CT molecular complexity index is 967. The average molecular weight is 408 g/mol. The van der Waals surface area contributed by atoms with Crippen molar-refractivity contribution in [1.29, 1.82) is 0 Å². The average Bonchev–Trinajstić information content (AvgIpc) is 3.19. The first-order valence-electron chi connectivity index (χ1n) is 10.5. The number of rotatable bonds is 3. The van der Waals surface area contributed by atoms with Gasteiger partial charge in [-0.1, -0.05) is 24.3 Å². The van der Waals surface area contributed by atoms with Crippen LogP contribution in [-0.4, -0.2) is 53.4 Å². The summed E-state index contributed by atoms with van der Waals surface area (Å²) in [5.74, 6) is 0.538. The third-order valence-electron chi connectivity index (χ3n) is 6.25. The van der Waals surface area contributed by atoms with Crippen molar-refractivity contribution >= 4 is 11.7 Å². The van der Waals surface area contributed by atoms with Crippen molar-refractivity contribution in [2.24, 2.45) is 4.99 Å². The number of carbonyl (C=O) groups excluding carboxylic acids is 1. The second kappa shape index (κ2) is 7.81. The Labute approximate surface area is 175 Å². The zero-order valence-corrected chi connectivity index (χ0v) is 16.8. The molecule has 156 valence electrons. The predicted molar refractivity (Wildman–Crippen MR) is 111 cm³/mol. The molecule has 2 aromatic carbocycles. The van der Waals surface area contributed by atoms with Gasteiger partial charge in [0.05, 0.1) is 6.54 Å². The van der Waals surface area contributed by atoms with Gasteiger partial charge in [-0.2, -0.15) is 0 Å². The van der Waals surface area contributed by atoms with Crippen LogP contribution in [0.25, 0.3) is 0 Å². The molecular weight excluding hydrogens is 383 g/mol. The molecule has 1 amide bonds. The first-order valence-corrected chi connectivity index (χ1v) is 10.5. The van der Waals surface area contributed by atoms with E-state index in [2.05, 4.69) is 28.6 Å². The third kappa shape index (κ3) is 3.82. The van der Waals surface area contributed by atoms with Gasteiger partial charge in [0.2, 0.25) is 5.91 Å². The molecule has 1 saturated heterocycles. The van der Waals surface area contributed by atoms with E-state index < -0.39 is 5.72 Å². The van der Waals surface area contributed by atoms with Crippen molar-refractivity contribution in [3.05, 3.63) is 71.0 Å². The topological polar surface area (TPSA) is 57.2 Å². The van der Waals surface area contributed by atoms with Gasteiger partial charge in [-0.15, -0.1) is 0 Å². The molecule has 0 bridgehead atoms. The van der Waals surface area contributed by atoms with Gasteiger partial charge in [-0.25, -0.2) is 19.7 Å². The van der Waals surface area contributed by atoms with Crippen LogP contribution in [0.3, 0.4) is 0 Å². The van der Waals surface area contributed by atoms with Crippen molar-refractivity contribution < 1.29 is 14.0 Å². The lowest BCUT2D eigenvalue weighted by Gasteiger charge is -2.36. The fourth-order valence-electron chi connectivity index (χ4n) is 4.40. The predicted octanol–water partition coefficient (Wildman–Crippen LogP) is 2.48. The van der Waals surface area contributed by atoms with Crippen LogP contribution in [0.5, 0.6) is 0 Å². The highest BCUT2D eigenvalue weighted by Gasteiger charge is 2.41. The molecule has 6 nitrogen and oxygen atoms in total. The van der Waals surface area contributed by atoms with Gasteiger partial charge in [0, 0.05) is 44.6 Å². The monoisotopic (exact) mass is 408 g/mol. The number of hydrogen-bond donors (Lipinski definition) is 1. The quantitative estimate of drug-likeness (QED) is 0.848. The summed E-state index contributed by atoms with van der Waals surface area (Å²) in [6.45, 7) is 3.41. The van der Waals surface area contributed by atoms with E-state index in [-0.39, 0.29) is 11.7 Å².